The third-order valence-corrected chi connectivity index (χ3v) is 5.78. The van der Waals surface area contributed by atoms with Crippen molar-refractivity contribution in [2.24, 2.45) is 0 Å². The molecule has 0 bridgehead atoms. The normalized spacial score (nSPS) is 17.2. The molecular formula is C23H27N3O. The van der Waals surface area contributed by atoms with Crippen molar-refractivity contribution in [3.63, 3.8) is 0 Å². The number of aromatic nitrogens is 2. The zero-order valence-electron chi connectivity index (χ0n) is 16.4. The number of amides is 1. The molecule has 4 nitrogen and oxygen atoms in total. The molecule has 0 radical (unpaired) electrons. The van der Waals surface area contributed by atoms with Gasteiger partial charge in [-0.25, -0.2) is 4.98 Å². The Morgan fingerprint density at radius 2 is 1.93 bits per heavy atom. The van der Waals surface area contributed by atoms with E-state index in [-0.39, 0.29) is 11.8 Å². The van der Waals surface area contributed by atoms with E-state index >= 15 is 0 Å². The van der Waals surface area contributed by atoms with E-state index < -0.39 is 0 Å². The predicted octanol–water partition coefficient (Wildman–Crippen LogP) is 4.97. The van der Waals surface area contributed by atoms with E-state index in [1.165, 1.54) is 16.6 Å². The minimum atomic E-state index is 0.140. The topological polar surface area (TPSA) is 38.1 Å². The van der Waals surface area contributed by atoms with Gasteiger partial charge in [0.25, 0.3) is 0 Å². The summed E-state index contributed by atoms with van der Waals surface area (Å²) in [4.78, 5) is 19.7. The second-order valence-electron chi connectivity index (χ2n) is 7.59. The van der Waals surface area contributed by atoms with Crippen molar-refractivity contribution < 1.29 is 4.79 Å². The largest absolute Gasteiger partial charge is 0.328 e. The first-order valence-electron chi connectivity index (χ1n) is 9.92. The molecule has 2 aromatic carbocycles. The first kappa shape index (κ1) is 17.8. The number of hydrogen-bond donors (Lipinski definition) is 0. The Bertz CT molecular complexity index is 988. The van der Waals surface area contributed by atoms with Crippen LogP contribution in [0.3, 0.4) is 0 Å². The number of carbonyl (C=O) groups is 1. The fourth-order valence-electron chi connectivity index (χ4n) is 4.10. The maximum Gasteiger partial charge on any atom is 0.227 e. The van der Waals surface area contributed by atoms with Gasteiger partial charge in [-0.3, -0.25) is 4.79 Å². The van der Waals surface area contributed by atoms with E-state index in [0.29, 0.717) is 13.0 Å². The summed E-state index contributed by atoms with van der Waals surface area (Å²) in [5, 5.41) is 0. The highest BCUT2D eigenvalue weighted by molar-refractivity contribution is 5.97. The molecule has 0 saturated carbocycles. The molecule has 0 unspecified atom stereocenters. The zero-order valence-corrected chi connectivity index (χ0v) is 16.4. The van der Waals surface area contributed by atoms with Crippen LogP contribution in [-0.2, 0) is 11.3 Å². The average molecular weight is 361 g/mol. The molecule has 0 aliphatic carbocycles. The summed E-state index contributed by atoms with van der Waals surface area (Å²) in [6.07, 6.45) is 2.79. The lowest BCUT2D eigenvalue weighted by molar-refractivity contribution is -0.117. The number of para-hydroxylation sites is 2. The summed E-state index contributed by atoms with van der Waals surface area (Å²) in [6.45, 7) is 8.07. The quantitative estimate of drug-likeness (QED) is 0.643. The number of carbonyl (C=O) groups excluding carboxylic acids is 1. The van der Waals surface area contributed by atoms with E-state index in [4.69, 9.17) is 4.98 Å². The standard InChI is InChI=1S/C23H27N3O/c1-4-5-13-25-21-11-7-6-10-19(21)24-23(25)18-14-22(27)26(15-18)20-12-8-9-16(2)17(20)3/h6-12,18H,4-5,13-15H2,1-3H3/t18-/m0/s1. The number of imidazole rings is 1. The van der Waals surface area contributed by atoms with Crippen LogP contribution in [-0.4, -0.2) is 22.0 Å². The smallest absolute Gasteiger partial charge is 0.227 e. The van der Waals surface area contributed by atoms with Gasteiger partial charge in [0.1, 0.15) is 5.82 Å². The van der Waals surface area contributed by atoms with E-state index in [1.54, 1.807) is 0 Å². The van der Waals surface area contributed by atoms with E-state index in [0.717, 1.165) is 36.4 Å². The highest BCUT2D eigenvalue weighted by Crippen LogP contribution is 2.35. The van der Waals surface area contributed by atoms with Crippen molar-refractivity contribution in [3.8, 4) is 0 Å². The van der Waals surface area contributed by atoms with Crippen LogP contribution in [0.5, 0.6) is 0 Å². The van der Waals surface area contributed by atoms with Crippen LogP contribution in [0.4, 0.5) is 5.69 Å². The molecule has 1 fully saturated rings. The van der Waals surface area contributed by atoms with Crippen LogP contribution >= 0.6 is 0 Å². The van der Waals surface area contributed by atoms with Crippen LogP contribution in [0.2, 0.25) is 0 Å². The number of rotatable bonds is 5. The van der Waals surface area contributed by atoms with Crippen molar-refractivity contribution in [2.75, 3.05) is 11.4 Å². The molecule has 0 N–H and O–H groups in total. The van der Waals surface area contributed by atoms with Gasteiger partial charge in [0, 0.05) is 31.1 Å². The van der Waals surface area contributed by atoms with Crippen molar-refractivity contribution >= 4 is 22.6 Å². The molecule has 1 aliphatic heterocycles. The molecule has 0 spiro atoms. The van der Waals surface area contributed by atoms with Gasteiger partial charge in [-0.05, 0) is 49.6 Å². The van der Waals surface area contributed by atoms with Crippen LogP contribution in [0.25, 0.3) is 11.0 Å². The van der Waals surface area contributed by atoms with E-state index in [1.807, 2.05) is 17.0 Å². The Hall–Kier alpha value is -2.62. The summed E-state index contributed by atoms with van der Waals surface area (Å²) in [6, 6.07) is 14.5. The minimum Gasteiger partial charge on any atom is -0.328 e. The van der Waals surface area contributed by atoms with Gasteiger partial charge in [-0.15, -0.1) is 0 Å². The number of fused-ring (bicyclic) bond motifs is 1. The maximum absolute atomic E-state index is 12.9. The highest BCUT2D eigenvalue weighted by Gasteiger charge is 2.35. The summed E-state index contributed by atoms with van der Waals surface area (Å²) in [5.41, 5.74) is 5.66. The van der Waals surface area contributed by atoms with Gasteiger partial charge in [0.05, 0.1) is 11.0 Å². The average Bonchev–Trinajstić information content (AvgIpc) is 3.23. The molecule has 1 aromatic heterocycles. The Labute approximate surface area is 160 Å². The first-order chi connectivity index (χ1) is 13.1. The maximum atomic E-state index is 12.9. The predicted molar refractivity (Wildman–Crippen MR) is 110 cm³/mol. The highest BCUT2D eigenvalue weighted by atomic mass is 16.2. The second-order valence-corrected chi connectivity index (χ2v) is 7.59. The van der Waals surface area contributed by atoms with Gasteiger partial charge in [0.15, 0.2) is 0 Å². The van der Waals surface area contributed by atoms with Gasteiger partial charge in [-0.2, -0.15) is 0 Å². The number of anilines is 1. The van der Waals surface area contributed by atoms with E-state index in [9.17, 15) is 4.79 Å². The van der Waals surface area contributed by atoms with E-state index in [2.05, 4.69) is 55.7 Å². The number of nitrogens with zero attached hydrogens (tertiary/aromatic N) is 3. The number of hydrogen-bond acceptors (Lipinski definition) is 2. The monoisotopic (exact) mass is 361 g/mol. The lowest BCUT2D eigenvalue weighted by Crippen LogP contribution is -2.25. The summed E-state index contributed by atoms with van der Waals surface area (Å²) in [5.74, 6) is 1.40. The third kappa shape index (κ3) is 3.14. The molecule has 4 rings (SSSR count). The lowest BCUT2D eigenvalue weighted by atomic mass is 10.1. The minimum absolute atomic E-state index is 0.140. The zero-order chi connectivity index (χ0) is 19.0. The molecule has 1 atom stereocenters. The fourth-order valence-corrected chi connectivity index (χ4v) is 4.10. The summed E-state index contributed by atoms with van der Waals surface area (Å²) < 4.78 is 2.34. The molecule has 4 heteroatoms. The molecule has 27 heavy (non-hydrogen) atoms. The van der Waals surface area contributed by atoms with Crippen molar-refractivity contribution in [3.05, 3.63) is 59.4 Å². The Morgan fingerprint density at radius 1 is 1.11 bits per heavy atom. The van der Waals surface area contributed by atoms with Gasteiger partial charge < -0.3 is 9.47 Å². The van der Waals surface area contributed by atoms with Crippen LogP contribution in [0.15, 0.2) is 42.5 Å². The molecule has 3 aromatic rings. The Morgan fingerprint density at radius 3 is 2.74 bits per heavy atom. The van der Waals surface area contributed by atoms with Crippen molar-refractivity contribution in [2.45, 2.75) is 52.5 Å². The number of unbranched alkanes of at least 4 members (excludes halogenated alkanes) is 1. The van der Waals surface area contributed by atoms with Crippen LogP contribution < -0.4 is 4.90 Å². The molecule has 1 saturated heterocycles. The molecule has 1 amide bonds. The summed E-state index contributed by atoms with van der Waals surface area (Å²) >= 11 is 0. The Kier molecular flexibility index (Phi) is 4.73. The van der Waals surface area contributed by atoms with Crippen LogP contribution in [0.1, 0.15) is 49.1 Å². The molecule has 2 heterocycles. The van der Waals surface area contributed by atoms with Crippen molar-refractivity contribution in [1.82, 2.24) is 9.55 Å². The van der Waals surface area contributed by atoms with Gasteiger partial charge in [0.2, 0.25) is 5.91 Å². The first-order valence-corrected chi connectivity index (χ1v) is 9.92. The molecule has 1 aliphatic rings. The number of benzene rings is 2. The second kappa shape index (κ2) is 7.18. The SMILES string of the molecule is CCCCn1c([C@H]2CC(=O)N(c3cccc(C)c3C)C2)nc2ccccc21. The molecule has 140 valence electrons. The summed E-state index contributed by atoms with van der Waals surface area (Å²) in [7, 11) is 0. The molecular weight excluding hydrogens is 334 g/mol. The third-order valence-electron chi connectivity index (χ3n) is 5.78. The van der Waals surface area contributed by atoms with Gasteiger partial charge >= 0.3 is 0 Å². The van der Waals surface area contributed by atoms with Crippen molar-refractivity contribution in [1.29, 1.82) is 0 Å². The fraction of sp³-hybridized carbons (Fsp3) is 0.391. The van der Waals surface area contributed by atoms with Crippen LogP contribution in [0, 0.1) is 13.8 Å². The lowest BCUT2D eigenvalue weighted by Gasteiger charge is -2.20. The Balaban J connectivity index is 1.70. The van der Waals surface area contributed by atoms with Gasteiger partial charge in [-0.1, -0.05) is 37.6 Å². The number of aryl methyl sites for hydroxylation is 2.